The first-order valence-corrected chi connectivity index (χ1v) is 6.90. The van der Waals surface area contributed by atoms with Gasteiger partial charge in [0.15, 0.2) is 0 Å². The van der Waals surface area contributed by atoms with E-state index in [-0.39, 0.29) is 5.82 Å². The third kappa shape index (κ3) is 3.36. The van der Waals surface area contributed by atoms with Crippen molar-refractivity contribution < 1.29 is 9.13 Å². The van der Waals surface area contributed by atoms with Crippen molar-refractivity contribution in [3.63, 3.8) is 0 Å². The van der Waals surface area contributed by atoms with E-state index in [0.717, 1.165) is 0 Å². The summed E-state index contributed by atoms with van der Waals surface area (Å²) in [5, 5.41) is 3.84. The summed E-state index contributed by atoms with van der Waals surface area (Å²) in [6, 6.07) is 7.58. The Balaban J connectivity index is 2.40. The maximum Gasteiger partial charge on any atom is 0.147 e. The topological polar surface area (TPSA) is 21.3 Å². The molecule has 0 heterocycles. The van der Waals surface area contributed by atoms with E-state index in [0.29, 0.717) is 38.7 Å². The molecule has 0 aliphatic rings. The number of ether oxygens (including phenoxy) is 1. The van der Waals surface area contributed by atoms with Crippen molar-refractivity contribution in [2.75, 3.05) is 7.05 Å². The summed E-state index contributed by atoms with van der Waals surface area (Å²) in [4.78, 5) is 0. The average molecular weight is 335 g/mol. The van der Waals surface area contributed by atoms with E-state index in [1.165, 1.54) is 18.2 Å². The van der Waals surface area contributed by atoms with Crippen LogP contribution in [0.1, 0.15) is 5.56 Å². The lowest BCUT2D eigenvalue weighted by Crippen LogP contribution is -2.08. The van der Waals surface area contributed by atoms with Gasteiger partial charge in [-0.3, -0.25) is 0 Å². The van der Waals surface area contributed by atoms with Gasteiger partial charge in [0.2, 0.25) is 0 Å². The number of halogens is 4. The standard InChI is InChI=1S/C14H11Cl3FNO/c1-19-7-8-12(18)3-2-4-13(8)20-14-6-10(16)9(15)5-11(14)17/h2-6,19H,7H2,1H3. The van der Waals surface area contributed by atoms with E-state index in [1.54, 1.807) is 19.2 Å². The van der Waals surface area contributed by atoms with Crippen molar-refractivity contribution in [3.8, 4) is 11.5 Å². The van der Waals surface area contributed by atoms with E-state index in [1.807, 2.05) is 0 Å². The first-order valence-electron chi connectivity index (χ1n) is 5.77. The molecule has 0 atom stereocenters. The van der Waals surface area contributed by atoms with E-state index in [4.69, 9.17) is 39.5 Å². The van der Waals surface area contributed by atoms with Crippen LogP contribution in [0.5, 0.6) is 11.5 Å². The predicted octanol–water partition coefficient (Wildman–Crippen LogP) is 5.30. The van der Waals surface area contributed by atoms with Crippen molar-refractivity contribution in [1.82, 2.24) is 5.32 Å². The van der Waals surface area contributed by atoms with Gasteiger partial charge in [0.25, 0.3) is 0 Å². The zero-order chi connectivity index (χ0) is 14.7. The molecule has 2 rings (SSSR count). The molecule has 0 unspecified atom stereocenters. The Morgan fingerprint density at radius 3 is 2.45 bits per heavy atom. The number of nitrogens with one attached hydrogen (secondary N) is 1. The number of rotatable bonds is 4. The van der Waals surface area contributed by atoms with Crippen molar-refractivity contribution in [1.29, 1.82) is 0 Å². The zero-order valence-corrected chi connectivity index (χ0v) is 12.8. The number of hydrogen-bond donors (Lipinski definition) is 1. The fourth-order valence-electron chi connectivity index (χ4n) is 1.68. The Kier molecular flexibility index (Phi) is 5.11. The molecule has 0 fully saturated rings. The Labute approximate surface area is 131 Å². The maximum absolute atomic E-state index is 13.8. The summed E-state index contributed by atoms with van der Waals surface area (Å²) in [6.45, 7) is 0.334. The largest absolute Gasteiger partial charge is 0.455 e. The molecule has 1 N–H and O–H groups in total. The minimum absolute atomic E-state index is 0.305. The highest BCUT2D eigenvalue weighted by Gasteiger charge is 2.13. The average Bonchev–Trinajstić information content (AvgIpc) is 2.40. The van der Waals surface area contributed by atoms with Gasteiger partial charge >= 0.3 is 0 Å². The summed E-state index contributed by atoms with van der Waals surface area (Å²) in [5.41, 5.74) is 0.414. The van der Waals surface area contributed by atoms with Crippen LogP contribution < -0.4 is 10.1 Å². The van der Waals surface area contributed by atoms with Crippen LogP contribution >= 0.6 is 34.8 Å². The van der Waals surface area contributed by atoms with E-state index < -0.39 is 0 Å². The van der Waals surface area contributed by atoms with Crippen LogP contribution in [0.4, 0.5) is 4.39 Å². The van der Waals surface area contributed by atoms with Crippen molar-refractivity contribution in [2.45, 2.75) is 6.54 Å². The quantitative estimate of drug-likeness (QED) is 0.766. The van der Waals surface area contributed by atoms with Gasteiger partial charge in [-0.25, -0.2) is 4.39 Å². The molecule has 0 aliphatic heterocycles. The lowest BCUT2D eigenvalue weighted by atomic mass is 10.2. The highest BCUT2D eigenvalue weighted by molar-refractivity contribution is 6.43. The molecule has 0 saturated heterocycles. The predicted molar refractivity (Wildman–Crippen MR) is 80.7 cm³/mol. The van der Waals surface area contributed by atoms with E-state index >= 15 is 0 Å². The third-order valence-electron chi connectivity index (χ3n) is 2.62. The maximum atomic E-state index is 13.8. The number of benzene rings is 2. The third-order valence-corrected chi connectivity index (χ3v) is 3.64. The first kappa shape index (κ1) is 15.4. The van der Waals surface area contributed by atoms with Crippen LogP contribution in [0, 0.1) is 5.82 Å². The molecule has 0 radical (unpaired) electrons. The molecular formula is C14H11Cl3FNO. The molecule has 0 aromatic heterocycles. The Morgan fingerprint density at radius 1 is 1.05 bits per heavy atom. The summed E-state index contributed by atoms with van der Waals surface area (Å²) in [5.74, 6) is 0.344. The fourth-order valence-corrected chi connectivity index (χ4v) is 2.26. The summed E-state index contributed by atoms with van der Waals surface area (Å²) in [6.07, 6.45) is 0. The van der Waals surface area contributed by atoms with Crippen LogP contribution in [-0.4, -0.2) is 7.05 Å². The molecular weight excluding hydrogens is 324 g/mol. The minimum atomic E-state index is -0.354. The van der Waals surface area contributed by atoms with Crippen molar-refractivity contribution in [2.24, 2.45) is 0 Å². The molecule has 0 amide bonds. The smallest absolute Gasteiger partial charge is 0.147 e. The van der Waals surface area contributed by atoms with Gasteiger partial charge in [0.1, 0.15) is 17.3 Å². The van der Waals surface area contributed by atoms with Crippen LogP contribution in [-0.2, 0) is 6.54 Å². The summed E-state index contributed by atoms with van der Waals surface area (Å²) < 4.78 is 19.4. The van der Waals surface area contributed by atoms with E-state index in [2.05, 4.69) is 5.32 Å². The molecule has 2 aromatic rings. The van der Waals surface area contributed by atoms with Crippen LogP contribution in [0.25, 0.3) is 0 Å². The Hall–Kier alpha value is -1.000. The molecule has 0 saturated carbocycles. The molecule has 0 aliphatic carbocycles. The normalized spacial score (nSPS) is 10.7. The fraction of sp³-hybridized carbons (Fsp3) is 0.143. The van der Waals surface area contributed by atoms with E-state index in [9.17, 15) is 4.39 Å². The van der Waals surface area contributed by atoms with Crippen LogP contribution in [0.3, 0.4) is 0 Å². The monoisotopic (exact) mass is 333 g/mol. The first-order chi connectivity index (χ1) is 9.52. The molecule has 0 bridgehead atoms. The van der Waals surface area contributed by atoms with Crippen molar-refractivity contribution in [3.05, 3.63) is 56.8 Å². The molecule has 106 valence electrons. The molecule has 6 heteroatoms. The lowest BCUT2D eigenvalue weighted by Gasteiger charge is -2.13. The molecule has 2 nitrogen and oxygen atoms in total. The summed E-state index contributed by atoms with van der Waals surface area (Å²) >= 11 is 17.8. The molecule has 2 aromatic carbocycles. The summed E-state index contributed by atoms with van der Waals surface area (Å²) in [7, 11) is 1.72. The van der Waals surface area contributed by atoms with Gasteiger partial charge < -0.3 is 10.1 Å². The minimum Gasteiger partial charge on any atom is -0.455 e. The second kappa shape index (κ2) is 6.64. The second-order valence-electron chi connectivity index (χ2n) is 4.05. The highest BCUT2D eigenvalue weighted by atomic mass is 35.5. The van der Waals surface area contributed by atoms with Gasteiger partial charge in [0.05, 0.1) is 15.1 Å². The van der Waals surface area contributed by atoms with Crippen LogP contribution in [0.15, 0.2) is 30.3 Å². The Bertz CT molecular complexity index is 634. The second-order valence-corrected chi connectivity index (χ2v) is 5.27. The Morgan fingerprint density at radius 2 is 1.75 bits per heavy atom. The van der Waals surface area contributed by atoms with Crippen molar-refractivity contribution >= 4 is 34.8 Å². The van der Waals surface area contributed by atoms with Crippen LogP contribution in [0.2, 0.25) is 15.1 Å². The SMILES string of the molecule is CNCc1c(F)cccc1Oc1cc(Cl)c(Cl)cc1Cl. The van der Waals surface area contributed by atoms with Gasteiger partial charge in [-0.05, 0) is 25.2 Å². The molecule has 0 spiro atoms. The van der Waals surface area contributed by atoms with Gasteiger partial charge in [-0.2, -0.15) is 0 Å². The highest BCUT2D eigenvalue weighted by Crippen LogP contribution is 2.37. The van der Waals surface area contributed by atoms with Gasteiger partial charge in [-0.15, -0.1) is 0 Å². The van der Waals surface area contributed by atoms with Gasteiger partial charge in [0, 0.05) is 18.2 Å². The number of hydrogen-bond acceptors (Lipinski definition) is 2. The molecule has 20 heavy (non-hydrogen) atoms. The zero-order valence-electron chi connectivity index (χ0n) is 10.5. The van der Waals surface area contributed by atoms with Gasteiger partial charge in [-0.1, -0.05) is 40.9 Å². The lowest BCUT2D eigenvalue weighted by molar-refractivity contribution is 0.464.